The van der Waals surface area contributed by atoms with Gasteiger partial charge in [0.1, 0.15) is 5.82 Å². The molecule has 0 bridgehead atoms. The number of anilines is 1. The summed E-state index contributed by atoms with van der Waals surface area (Å²) in [6.45, 7) is 1.64. The van der Waals surface area contributed by atoms with E-state index < -0.39 is 0 Å². The Morgan fingerprint density at radius 1 is 1.67 bits per heavy atom. The van der Waals surface area contributed by atoms with Crippen LogP contribution in [0.25, 0.3) is 0 Å². The maximum atomic E-state index is 5.46. The normalized spacial score (nSPS) is 22.2. The van der Waals surface area contributed by atoms with Crippen LogP contribution < -0.4 is 5.73 Å². The van der Waals surface area contributed by atoms with E-state index in [0.717, 1.165) is 25.3 Å². The van der Waals surface area contributed by atoms with Crippen LogP contribution in [0.15, 0.2) is 6.07 Å². The lowest BCUT2D eigenvalue weighted by atomic mass is 10.1. The molecule has 68 valence electrons. The summed E-state index contributed by atoms with van der Waals surface area (Å²) < 4.78 is 5.23. The van der Waals surface area contributed by atoms with Crippen molar-refractivity contribution in [2.24, 2.45) is 0 Å². The molecular weight excluding hydrogens is 178 g/mol. The van der Waals surface area contributed by atoms with Gasteiger partial charge in [0, 0.05) is 24.3 Å². The van der Waals surface area contributed by atoms with Gasteiger partial charge < -0.3 is 10.5 Å². The first-order chi connectivity index (χ1) is 5.36. The van der Waals surface area contributed by atoms with Gasteiger partial charge >= 0.3 is 0 Å². The highest BCUT2D eigenvalue weighted by molar-refractivity contribution is 5.85. The Bertz CT molecular complexity index is 245. The number of ether oxygens (including phenoxy) is 1. The SMILES string of the molecule is Cl.Nc1cc(C2CCOC2)[nH]n1. The lowest BCUT2D eigenvalue weighted by molar-refractivity contribution is 0.193. The molecule has 1 fully saturated rings. The van der Waals surface area contributed by atoms with Crippen molar-refractivity contribution < 1.29 is 4.74 Å². The van der Waals surface area contributed by atoms with E-state index in [1.807, 2.05) is 6.07 Å². The number of aromatic amines is 1. The summed E-state index contributed by atoms with van der Waals surface area (Å²) in [4.78, 5) is 0. The molecule has 0 amide bonds. The number of hydrogen-bond donors (Lipinski definition) is 2. The summed E-state index contributed by atoms with van der Waals surface area (Å²) >= 11 is 0. The van der Waals surface area contributed by atoms with E-state index in [4.69, 9.17) is 10.5 Å². The predicted molar refractivity (Wildman–Crippen MR) is 48.4 cm³/mol. The Kier molecular flexibility index (Phi) is 2.94. The zero-order valence-corrected chi connectivity index (χ0v) is 7.43. The lowest BCUT2D eigenvalue weighted by Gasteiger charge is -2.00. The van der Waals surface area contributed by atoms with Crippen LogP contribution in [-0.4, -0.2) is 23.4 Å². The Morgan fingerprint density at radius 2 is 2.50 bits per heavy atom. The van der Waals surface area contributed by atoms with E-state index in [9.17, 15) is 0 Å². The van der Waals surface area contributed by atoms with E-state index in [0.29, 0.717) is 11.7 Å². The van der Waals surface area contributed by atoms with E-state index in [-0.39, 0.29) is 12.4 Å². The van der Waals surface area contributed by atoms with Gasteiger partial charge in [-0.25, -0.2) is 0 Å². The van der Waals surface area contributed by atoms with E-state index in [1.165, 1.54) is 0 Å². The monoisotopic (exact) mass is 189 g/mol. The van der Waals surface area contributed by atoms with Crippen LogP contribution in [0.4, 0.5) is 5.82 Å². The van der Waals surface area contributed by atoms with Crippen LogP contribution in [0, 0.1) is 0 Å². The van der Waals surface area contributed by atoms with E-state index in [2.05, 4.69) is 10.2 Å². The van der Waals surface area contributed by atoms with Crippen LogP contribution in [0.3, 0.4) is 0 Å². The second kappa shape index (κ2) is 3.78. The summed E-state index contributed by atoms with van der Waals surface area (Å²) in [7, 11) is 0. The largest absolute Gasteiger partial charge is 0.382 e. The fraction of sp³-hybridized carbons (Fsp3) is 0.571. The number of halogens is 1. The standard InChI is InChI=1S/C7H11N3O.ClH/c8-7-3-6(9-10-7)5-1-2-11-4-5;/h3,5H,1-2,4H2,(H3,8,9,10);1H. The smallest absolute Gasteiger partial charge is 0.145 e. The van der Waals surface area contributed by atoms with Gasteiger partial charge in [0.15, 0.2) is 0 Å². The fourth-order valence-corrected chi connectivity index (χ4v) is 1.34. The number of nitrogen functional groups attached to an aromatic ring is 1. The molecule has 1 aliphatic heterocycles. The number of nitrogens with zero attached hydrogens (tertiary/aromatic N) is 1. The molecule has 4 nitrogen and oxygen atoms in total. The number of aromatic nitrogens is 2. The van der Waals surface area contributed by atoms with Gasteiger partial charge in [-0.15, -0.1) is 12.4 Å². The van der Waals surface area contributed by atoms with Gasteiger partial charge in [-0.1, -0.05) is 0 Å². The van der Waals surface area contributed by atoms with Crippen LogP contribution in [0.5, 0.6) is 0 Å². The molecule has 3 N–H and O–H groups in total. The lowest BCUT2D eigenvalue weighted by Crippen LogP contribution is -1.97. The molecule has 12 heavy (non-hydrogen) atoms. The third-order valence-corrected chi connectivity index (χ3v) is 1.99. The summed E-state index contributed by atoms with van der Waals surface area (Å²) in [5.41, 5.74) is 6.56. The minimum atomic E-state index is 0. The first kappa shape index (κ1) is 9.35. The number of hydrogen-bond acceptors (Lipinski definition) is 3. The molecule has 1 unspecified atom stereocenters. The van der Waals surface area contributed by atoms with E-state index in [1.54, 1.807) is 0 Å². The van der Waals surface area contributed by atoms with Gasteiger partial charge in [0.2, 0.25) is 0 Å². The van der Waals surface area contributed by atoms with Gasteiger partial charge in [-0.3, -0.25) is 5.10 Å². The maximum Gasteiger partial charge on any atom is 0.145 e. The highest BCUT2D eigenvalue weighted by atomic mass is 35.5. The third-order valence-electron chi connectivity index (χ3n) is 1.99. The molecular formula is C7H12ClN3O. The molecule has 1 aromatic heterocycles. The van der Waals surface area contributed by atoms with Crippen LogP contribution >= 0.6 is 12.4 Å². The molecule has 0 saturated carbocycles. The van der Waals surface area contributed by atoms with E-state index >= 15 is 0 Å². The van der Waals surface area contributed by atoms with Gasteiger partial charge in [0.05, 0.1) is 6.61 Å². The quantitative estimate of drug-likeness (QED) is 0.691. The average Bonchev–Trinajstić information content (AvgIpc) is 2.55. The van der Waals surface area contributed by atoms with Crippen LogP contribution in [0.1, 0.15) is 18.0 Å². The number of nitrogens with one attached hydrogen (secondary N) is 1. The molecule has 0 aromatic carbocycles. The summed E-state index contributed by atoms with van der Waals surface area (Å²) in [6.07, 6.45) is 1.07. The van der Waals surface area contributed by atoms with Crippen molar-refractivity contribution in [3.63, 3.8) is 0 Å². The first-order valence-electron chi connectivity index (χ1n) is 3.75. The molecule has 1 saturated heterocycles. The molecule has 1 aliphatic rings. The number of H-pyrrole nitrogens is 1. The first-order valence-corrected chi connectivity index (χ1v) is 3.75. The van der Waals surface area contributed by atoms with Crippen molar-refractivity contribution in [1.29, 1.82) is 0 Å². The molecule has 0 aliphatic carbocycles. The molecule has 1 aromatic rings. The topological polar surface area (TPSA) is 63.9 Å². The summed E-state index contributed by atoms with van der Waals surface area (Å²) in [6, 6.07) is 1.87. The Balaban J connectivity index is 0.000000720. The molecule has 0 radical (unpaired) electrons. The predicted octanol–water partition coefficient (Wildman–Crippen LogP) is 0.918. The highest BCUT2D eigenvalue weighted by Crippen LogP contribution is 2.23. The van der Waals surface area contributed by atoms with Crippen molar-refractivity contribution in [3.8, 4) is 0 Å². The molecule has 1 atom stereocenters. The Morgan fingerprint density at radius 3 is 3.00 bits per heavy atom. The van der Waals surface area contributed by atoms with Crippen molar-refractivity contribution in [2.75, 3.05) is 18.9 Å². The number of rotatable bonds is 1. The van der Waals surface area contributed by atoms with Crippen LogP contribution in [0.2, 0.25) is 0 Å². The van der Waals surface area contributed by atoms with Crippen molar-refractivity contribution in [1.82, 2.24) is 10.2 Å². The molecule has 2 heterocycles. The summed E-state index contributed by atoms with van der Waals surface area (Å²) in [5, 5.41) is 6.75. The maximum absolute atomic E-state index is 5.46. The van der Waals surface area contributed by atoms with Gasteiger partial charge in [-0.05, 0) is 6.42 Å². The zero-order valence-electron chi connectivity index (χ0n) is 6.62. The second-order valence-electron chi connectivity index (χ2n) is 2.81. The summed E-state index contributed by atoms with van der Waals surface area (Å²) in [5.74, 6) is 1.03. The zero-order chi connectivity index (χ0) is 7.68. The minimum Gasteiger partial charge on any atom is -0.382 e. The third kappa shape index (κ3) is 1.70. The second-order valence-corrected chi connectivity index (χ2v) is 2.81. The molecule has 2 rings (SSSR count). The molecule has 0 spiro atoms. The van der Waals surface area contributed by atoms with Gasteiger partial charge in [-0.2, -0.15) is 5.10 Å². The van der Waals surface area contributed by atoms with Crippen LogP contribution in [-0.2, 0) is 4.74 Å². The average molecular weight is 190 g/mol. The Hall–Kier alpha value is -0.740. The Labute approximate surface area is 76.9 Å². The molecule has 5 heteroatoms. The minimum absolute atomic E-state index is 0. The number of nitrogens with two attached hydrogens (primary N) is 1. The van der Waals surface area contributed by atoms with Crippen molar-refractivity contribution in [2.45, 2.75) is 12.3 Å². The highest BCUT2D eigenvalue weighted by Gasteiger charge is 2.19. The van der Waals surface area contributed by atoms with Gasteiger partial charge in [0.25, 0.3) is 0 Å². The van der Waals surface area contributed by atoms with Crippen molar-refractivity contribution >= 4 is 18.2 Å². The fourth-order valence-electron chi connectivity index (χ4n) is 1.34. The van der Waals surface area contributed by atoms with Crippen molar-refractivity contribution in [3.05, 3.63) is 11.8 Å².